The second-order valence-corrected chi connectivity index (χ2v) is 8.67. The molecule has 1 aromatic heterocycles. The summed E-state index contributed by atoms with van der Waals surface area (Å²) in [6.45, 7) is 0. The summed E-state index contributed by atoms with van der Waals surface area (Å²) in [6.07, 6.45) is 3.11. The van der Waals surface area contributed by atoms with E-state index in [-0.39, 0.29) is 29.9 Å². The Bertz CT molecular complexity index is 1180. The van der Waals surface area contributed by atoms with Gasteiger partial charge in [0.05, 0.1) is 31.3 Å². The van der Waals surface area contributed by atoms with Crippen molar-refractivity contribution in [2.45, 2.75) is 43.0 Å². The molecule has 168 valence electrons. The molecule has 2 heterocycles. The minimum atomic E-state index is -1.69. The van der Waals surface area contributed by atoms with E-state index in [1.807, 2.05) is 0 Å². The summed E-state index contributed by atoms with van der Waals surface area (Å²) in [5.41, 5.74) is -2.96. The van der Waals surface area contributed by atoms with Gasteiger partial charge in [-0.05, 0) is 43.5 Å². The van der Waals surface area contributed by atoms with Gasteiger partial charge < -0.3 is 28.8 Å². The fraction of sp³-hybridized carbons (Fsp3) is 0.417. The summed E-state index contributed by atoms with van der Waals surface area (Å²) in [7, 11) is 3.05. The normalized spacial score (nSPS) is 30.6. The lowest BCUT2D eigenvalue weighted by Crippen LogP contribution is -2.68. The van der Waals surface area contributed by atoms with Crippen molar-refractivity contribution in [1.29, 1.82) is 0 Å². The highest BCUT2D eigenvalue weighted by molar-refractivity contribution is 5.95. The third kappa shape index (κ3) is 2.97. The highest BCUT2D eigenvalue weighted by atomic mass is 16.5. The quantitative estimate of drug-likeness (QED) is 0.745. The van der Waals surface area contributed by atoms with Crippen molar-refractivity contribution in [2.24, 2.45) is 5.92 Å². The molecular formula is C24H24O8. The molecule has 5 rings (SSSR count). The Hall–Kier alpha value is -3.10. The number of aliphatic hydroxyl groups is 2. The third-order valence-electron chi connectivity index (χ3n) is 6.88. The van der Waals surface area contributed by atoms with Gasteiger partial charge in [-0.1, -0.05) is 6.08 Å². The maximum absolute atomic E-state index is 12.9. The number of hydrogen-bond donors (Lipinski definition) is 2. The maximum atomic E-state index is 12.9. The van der Waals surface area contributed by atoms with E-state index < -0.39 is 28.8 Å². The van der Waals surface area contributed by atoms with Crippen LogP contribution in [0.5, 0.6) is 17.2 Å². The van der Waals surface area contributed by atoms with E-state index >= 15 is 0 Å². The Labute approximate surface area is 184 Å². The minimum Gasteiger partial charge on any atom is -0.493 e. The fourth-order valence-corrected chi connectivity index (χ4v) is 5.34. The first-order chi connectivity index (χ1) is 15.3. The van der Waals surface area contributed by atoms with Crippen LogP contribution in [-0.2, 0) is 11.2 Å². The van der Waals surface area contributed by atoms with Gasteiger partial charge in [0.15, 0.2) is 17.3 Å². The van der Waals surface area contributed by atoms with Crippen molar-refractivity contribution in [2.75, 3.05) is 14.2 Å². The molecule has 4 unspecified atom stereocenters. The van der Waals surface area contributed by atoms with Gasteiger partial charge >= 0.3 is 5.63 Å². The van der Waals surface area contributed by atoms with Crippen LogP contribution >= 0.6 is 0 Å². The molecule has 0 amide bonds. The molecule has 0 radical (unpaired) electrons. The van der Waals surface area contributed by atoms with Gasteiger partial charge in [0.2, 0.25) is 0 Å². The monoisotopic (exact) mass is 440 g/mol. The molecule has 1 fully saturated rings. The Morgan fingerprint density at radius 2 is 1.88 bits per heavy atom. The Balaban J connectivity index is 1.56. The van der Waals surface area contributed by atoms with Crippen LogP contribution in [0.4, 0.5) is 0 Å². The van der Waals surface area contributed by atoms with Gasteiger partial charge in [0.1, 0.15) is 23.2 Å². The number of ether oxygens (including phenoxy) is 3. The number of ketones is 1. The van der Waals surface area contributed by atoms with Crippen LogP contribution in [0, 0.1) is 5.92 Å². The lowest BCUT2D eigenvalue weighted by molar-refractivity contribution is -0.206. The molecule has 1 saturated carbocycles. The third-order valence-corrected chi connectivity index (χ3v) is 6.88. The van der Waals surface area contributed by atoms with E-state index in [0.717, 1.165) is 0 Å². The zero-order chi connectivity index (χ0) is 22.7. The molecule has 8 nitrogen and oxygen atoms in total. The summed E-state index contributed by atoms with van der Waals surface area (Å²) in [6, 6.07) is 6.74. The summed E-state index contributed by atoms with van der Waals surface area (Å²) in [5, 5.41) is 22.6. The summed E-state index contributed by atoms with van der Waals surface area (Å²) in [4.78, 5) is 25.6. The van der Waals surface area contributed by atoms with Crippen molar-refractivity contribution >= 4 is 5.78 Å². The largest absolute Gasteiger partial charge is 0.493 e. The fourth-order valence-electron chi connectivity index (χ4n) is 5.34. The van der Waals surface area contributed by atoms with Gasteiger partial charge in [0, 0.05) is 18.1 Å². The number of fused-ring (bicyclic) bond motifs is 4. The number of allylic oxidation sites excluding steroid dienone is 1. The number of methoxy groups -OCH3 is 2. The molecule has 2 aliphatic carbocycles. The molecule has 2 aromatic rings. The van der Waals surface area contributed by atoms with Crippen molar-refractivity contribution in [3.05, 3.63) is 52.4 Å². The van der Waals surface area contributed by atoms with Gasteiger partial charge in [-0.25, -0.2) is 4.79 Å². The molecule has 3 aliphatic rings. The van der Waals surface area contributed by atoms with Gasteiger partial charge in [-0.3, -0.25) is 4.79 Å². The first kappa shape index (κ1) is 20.8. The lowest BCUT2D eigenvalue weighted by atomic mass is 9.58. The van der Waals surface area contributed by atoms with E-state index in [0.29, 0.717) is 35.7 Å². The molecule has 1 aromatic carbocycles. The number of carbonyl (C=O) groups excluding carboxylic acids is 1. The molecule has 8 heteroatoms. The van der Waals surface area contributed by atoms with Crippen molar-refractivity contribution in [3.8, 4) is 28.6 Å². The molecule has 4 atom stereocenters. The van der Waals surface area contributed by atoms with E-state index in [1.165, 1.54) is 20.3 Å². The van der Waals surface area contributed by atoms with Crippen LogP contribution in [-0.4, -0.2) is 47.5 Å². The molecular weight excluding hydrogens is 416 g/mol. The van der Waals surface area contributed by atoms with E-state index in [4.69, 9.17) is 18.6 Å². The smallest absolute Gasteiger partial charge is 0.343 e. The molecule has 0 spiro atoms. The number of rotatable bonds is 3. The first-order valence-electron chi connectivity index (χ1n) is 10.5. The van der Waals surface area contributed by atoms with Crippen molar-refractivity contribution in [3.63, 3.8) is 0 Å². The van der Waals surface area contributed by atoms with Gasteiger partial charge in [-0.2, -0.15) is 0 Å². The number of hydrogen-bond acceptors (Lipinski definition) is 8. The van der Waals surface area contributed by atoms with Crippen molar-refractivity contribution < 1.29 is 33.6 Å². The zero-order valence-corrected chi connectivity index (χ0v) is 17.8. The lowest BCUT2D eigenvalue weighted by Gasteiger charge is -2.54. The summed E-state index contributed by atoms with van der Waals surface area (Å²) >= 11 is 0. The zero-order valence-electron chi connectivity index (χ0n) is 17.8. The van der Waals surface area contributed by atoms with Crippen molar-refractivity contribution in [1.82, 2.24) is 0 Å². The standard InChI is InChI=1S/C24H24O8/c1-29-16-6-5-13(10-19(16)30-2)17-11-18-14(22(26)32-17)12-24(28)20(31-18)7-9-23(27)8-3-4-15(25)21(23)24/h3-6,10-11,20-21,27-28H,7-9,12H2,1-2H3. The molecule has 0 saturated heterocycles. The van der Waals surface area contributed by atoms with Gasteiger partial charge in [0.25, 0.3) is 0 Å². The molecule has 32 heavy (non-hydrogen) atoms. The van der Waals surface area contributed by atoms with E-state index in [9.17, 15) is 19.8 Å². The van der Waals surface area contributed by atoms with Crippen LogP contribution in [0.2, 0.25) is 0 Å². The number of carbonyl (C=O) groups is 1. The maximum Gasteiger partial charge on any atom is 0.343 e. The topological polar surface area (TPSA) is 115 Å². The number of benzene rings is 1. The van der Waals surface area contributed by atoms with E-state index in [2.05, 4.69) is 0 Å². The van der Waals surface area contributed by atoms with Crippen LogP contribution in [0.1, 0.15) is 24.8 Å². The predicted octanol–water partition coefficient (Wildman–Crippen LogP) is 2.03. The molecule has 1 aliphatic heterocycles. The average molecular weight is 440 g/mol. The Kier molecular flexibility index (Phi) is 4.69. The van der Waals surface area contributed by atoms with Gasteiger partial charge in [-0.15, -0.1) is 0 Å². The second kappa shape index (κ2) is 7.21. The molecule has 0 bridgehead atoms. The minimum absolute atomic E-state index is 0.131. The Morgan fingerprint density at radius 3 is 2.62 bits per heavy atom. The van der Waals surface area contributed by atoms with E-state index in [1.54, 1.807) is 30.3 Å². The highest BCUT2D eigenvalue weighted by Gasteiger charge is 2.62. The highest BCUT2D eigenvalue weighted by Crippen LogP contribution is 2.50. The Morgan fingerprint density at radius 1 is 1.09 bits per heavy atom. The summed E-state index contributed by atoms with van der Waals surface area (Å²) in [5.74, 6) is 0.199. The van der Waals surface area contributed by atoms with Crippen LogP contribution in [0.3, 0.4) is 0 Å². The van der Waals surface area contributed by atoms with Crippen LogP contribution < -0.4 is 19.8 Å². The second-order valence-electron chi connectivity index (χ2n) is 8.67. The SMILES string of the molecule is COc1ccc(-c2cc3c(c(=O)o2)CC2(O)C(CCC4(O)CC=CC(=O)C42)O3)cc1OC. The van der Waals surface area contributed by atoms with Crippen LogP contribution in [0.25, 0.3) is 11.3 Å². The average Bonchev–Trinajstić information content (AvgIpc) is 2.77. The predicted molar refractivity (Wildman–Crippen MR) is 113 cm³/mol. The summed E-state index contributed by atoms with van der Waals surface area (Å²) < 4.78 is 22.2. The molecule has 2 N–H and O–H groups in total. The first-order valence-corrected chi connectivity index (χ1v) is 10.5. The van der Waals surface area contributed by atoms with Crippen LogP contribution in [0.15, 0.2) is 45.6 Å².